The zero-order valence-electron chi connectivity index (χ0n) is 20.8. The Bertz CT molecular complexity index is 1340. The maximum atomic E-state index is 13.3. The van der Waals surface area contributed by atoms with Crippen LogP contribution in [-0.2, 0) is 19.2 Å². The van der Waals surface area contributed by atoms with Crippen molar-refractivity contribution in [3.63, 3.8) is 0 Å². The van der Waals surface area contributed by atoms with Crippen LogP contribution in [0.3, 0.4) is 0 Å². The molecule has 7 atom stereocenters. The number of esters is 1. The lowest BCUT2D eigenvalue weighted by molar-refractivity contribution is -0.139. The van der Waals surface area contributed by atoms with E-state index in [-0.39, 0.29) is 54.4 Å². The molecule has 8 rings (SSSR count). The summed E-state index contributed by atoms with van der Waals surface area (Å²) in [5.41, 5.74) is 3.42. The number of anilines is 2. The van der Waals surface area contributed by atoms with Gasteiger partial charge in [-0.15, -0.1) is 0 Å². The summed E-state index contributed by atoms with van der Waals surface area (Å²) in [4.78, 5) is 55.1. The quantitative estimate of drug-likeness (QED) is 0.278. The van der Waals surface area contributed by atoms with Crippen molar-refractivity contribution in [2.75, 3.05) is 16.3 Å². The second-order valence-electron chi connectivity index (χ2n) is 11.3. The van der Waals surface area contributed by atoms with Crippen LogP contribution in [-0.4, -0.2) is 30.2 Å². The molecule has 7 heteroatoms. The van der Waals surface area contributed by atoms with Gasteiger partial charge in [-0.1, -0.05) is 18.2 Å². The fourth-order valence-corrected chi connectivity index (χ4v) is 7.30. The molecule has 188 valence electrons. The van der Waals surface area contributed by atoms with Crippen molar-refractivity contribution in [3.05, 3.63) is 65.7 Å². The smallest absolute Gasteiger partial charge is 0.316 e. The fourth-order valence-electron chi connectivity index (χ4n) is 7.30. The van der Waals surface area contributed by atoms with Crippen molar-refractivity contribution in [3.8, 4) is 5.75 Å². The Balaban J connectivity index is 1.04. The normalized spacial score (nSPS) is 33.1. The first kappa shape index (κ1) is 22.5. The predicted octanol–water partition coefficient (Wildman–Crippen LogP) is 3.82. The van der Waals surface area contributed by atoms with E-state index in [1.165, 1.54) is 4.90 Å². The van der Waals surface area contributed by atoms with Gasteiger partial charge in [0, 0.05) is 18.7 Å². The highest BCUT2D eigenvalue weighted by Gasteiger charge is 2.67. The molecular weight excluding hydrogens is 468 g/mol. The average Bonchev–Trinajstić information content (AvgIpc) is 3.54. The number of aryl methyl sites for hydroxylation is 2. The summed E-state index contributed by atoms with van der Waals surface area (Å²) < 4.78 is 5.59. The predicted molar refractivity (Wildman–Crippen MR) is 136 cm³/mol. The number of benzene rings is 2. The summed E-state index contributed by atoms with van der Waals surface area (Å²) >= 11 is 0. The zero-order chi connectivity index (χ0) is 25.6. The molecule has 2 aromatic rings. The Morgan fingerprint density at radius 3 is 2.03 bits per heavy atom. The van der Waals surface area contributed by atoms with Crippen molar-refractivity contribution >= 4 is 35.1 Å². The van der Waals surface area contributed by atoms with Gasteiger partial charge in [-0.2, -0.15) is 0 Å². The number of carbonyl (C=O) groups is 4. The average molecular weight is 497 g/mol. The molecule has 7 nitrogen and oxygen atoms in total. The minimum atomic E-state index is -0.563. The molecule has 2 aliphatic heterocycles. The van der Waals surface area contributed by atoms with Gasteiger partial charge in [-0.05, 0) is 91.5 Å². The van der Waals surface area contributed by atoms with E-state index in [1.807, 2.05) is 32.0 Å². The van der Waals surface area contributed by atoms with E-state index in [0.29, 0.717) is 23.3 Å². The Kier molecular flexibility index (Phi) is 4.78. The number of ether oxygens (including phenoxy) is 1. The zero-order valence-corrected chi connectivity index (χ0v) is 20.8. The molecule has 2 saturated heterocycles. The largest absolute Gasteiger partial charge is 0.426 e. The fraction of sp³-hybridized carbons (Fsp3) is 0.400. The van der Waals surface area contributed by atoms with Gasteiger partial charge >= 0.3 is 5.97 Å². The Morgan fingerprint density at radius 2 is 1.43 bits per heavy atom. The number of allylic oxidation sites excluding steroid dienone is 2. The van der Waals surface area contributed by atoms with Crippen LogP contribution in [0.2, 0.25) is 0 Å². The molecule has 0 N–H and O–H groups in total. The second-order valence-corrected chi connectivity index (χ2v) is 11.3. The van der Waals surface area contributed by atoms with E-state index in [0.717, 1.165) is 23.2 Å². The number of hydrogen-bond acceptors (Lipinski definition) is 5. The first-order valence-electron chi connectivity index (χ1n) is 13.1. The van der Waals surface area contributed by atoms with Crippen LogP contribution in [0.4, 0.5) is 11.4 Å². The first-order chi connectivity index (χ1) is 17.8. The first-order valence-corrected chi connectivity index (χ1v) is 13.1. The topological polar surface area (TPSA) is 84.0 Å². The number of nitrogens with zero attached hydrogens (tertiary/aromatic N) is 2. The molecule has 2 bridgehead atoms. The van der Waals surface area contributed by atoms with Gasteiger partial charge < -0.3 is 9.64 Å². The van der Waals surface area contributed by atoms with Gasteiger partial charge in [0.15, 0.2) is 0 Å². The highest BCUT2D eigenvalue weighted by molar-refractivity contribution is 6.22. The third-order valence-corrected chi connectivity index (χ3v) is 8.95. The van der Waals surface area contributed by atoms with Crippen molar-refractivity contribution < 1.29 is 23.9 Å². The molecule has 6 aliphatic rings. The Morgan fingerprint density at radius 1 is 0.838 bits per heavy atom. The molecule has 3 amide bonds. The van der Waals surface area contributed by atoms with Crippen LogP contribution < -0.4 is 14.5 Å². The molecule has 0 radical (unpaired) electrons. The van der Waals surface area contributed by atoms with E-state index in [9.17, 15) is 19.2 Å². The molecular formula is C30H28N2O5. The van der Waals surface area contributed by atoms with Crippen LogP contribution in [0.25, 0.3) is 0 Å². The maximum absolute atomic E-state index is 13.3. The van der Waals surface area contributed by atoms with E-state index in [2.05, 4.69) is 12.2 Å². The summed E-state index contributed by atoms with van der Waals surface area (Å²) in [5, 5.41) is 0. The summed E-state index contributed by atoms with van der Waals surface area (Å²) in [5.74, 6) is -0.0411. The molecule has 4 fully saturated rings. The summed E-state index contributed by atoms with van der Waals surface area (Å²) in [7, 11) is 0. The van der Waals surface area contributed by atoms with Crippen LogP contribution in [0.15, 0.2) is 54.6 Å². The molecule has 37 heavy (non-hydrogen) atoms. The molecule has 2 heterocycles. The summed E-state index contributed by atoms with van der Waals surface area (Å²) in [6, 6.07) is 12.5. The maximum Gasteiger partial charge on any atom is 0.316 e. The van der Waals surface area contributed by atoms with Gasteiger partial charge in [-0.3, -0.25) is 24.1 Å². The third kappa shape index (κ3) is 3.40. The highest BCUT2D eigenvalue weighted by atomic mass is 16.5. The Hall–Kier alpha value is -3.74. The number of amides is 3. The van der Waals surface area contributed by atoms with Crippen LogP contribution in [0, 0.1) is 55.3 Å². The van der Waals surface area contributed by atoms with Crippen molar-refractivity contribution in [2.24, 2.45) is 41.4 Å². The van der Waals surface area contributed by atoms with Gasteiger partial charge in [0.05, 0.1) is 23.4 Å². The lowest BCUT2D eigenvalue weighted by Gasteiger charge is -2.37. The van der Waals surface area contributed by atoms with Crippen molar-refractivity contribution in [1.29, 1.82) is 0 Å². The monoisotopic (exact) mass is 496 g/mol. The van der Waals surface area contributed by atoms with Crippen LogP contribution in [0.1, 0.15) is 24.0 Å². The molecule has 0 aromatic heterocycles. The van der Waals surface area contributed by atoms with Gasteiger partial charge in [0.25, 0.3) is 0 Å². The van der Waals surface area contributed by atoms with Gasteiger partial charge in [0.1, 0.15) is 5.75 Å². The highest BCUT2D eigenvalue weighted by Crippen LogP contribution is 2.65. The van der Waals surface area contributed by atoms with Gasteiger partial charge in [0.2, 0.25) is 17.7 Å². The molecule has 4 aliphatic carbocycles. The van der Waals surface area contributed by atoms with E-state index < -0.39 is 11.9 Å². The Labute approximate surface area is 215 Å². The minimum Gasteiger partial charge on any atom is -0.426 e. The lowest BCUT2D eigenvalue weighted by Crippen LogP contribution is -2.40. The number of carbonyl (C=O) groups excluding carboxylic acids is 4. The molecule has 0 spiro atoms. The SMILES string of the molecule is Cc1cc(C)cc(N2C[C@H](C(=O)Oc3ccc(N4C(=O)[C@@H]5[C@@H]6C=C[C@H]([C@H]7C[C@@H]67)[C@@H]5C4=O)cc3)CC2=O)c1. The van der Waals surface area contributed by atoms with E-state index >= 15 is 0 Å². The minimum absolute atomic E-state index is 0.0990. The second kappa shape index (κ2) is 7.88. The van der Waals surface area contributed by atoms with Gasteiger partial charge in [-0.25, -0.2) is 0 Å². The van der Waals surface area contributed by atoms with E-state index in [1.54, 1.807) is 29.2 Å². The molecule has 2 saturated carbocycles. The number of rotatable bonds is 4. The third-order valence-electron chi connectivity index (χ3n) is 8.95. The van der Waals surface area contributed by atoms with Crippen molar-refractivity contribution in [1.82, 2.24) is 0 Å². The van der Waals surface area contributed by atoms with Crippen LogP contribution >= 0.6 is 0 Å². The lowest BCUT2D eigenvalue weighted by atomic mass is 9.63. The standard InChI is InChI=1S/C30H28N2O5/c1-15-9-16(2)11-19(10-15)31-14-17(12-25(31)33)30(36)37-20-5-3-18(4-6-20)32-28(34)26-21-7-8-22(24-13-23(21)24)27(26)29(32)35/h3-11,17,21-24,26-27H,12-14H2,1-2H3/t17-,21-,22-,23-,24+,26+,27-/m1/s1. The summed E-state index contributed by atoms with van der Waals surface area (Å²) in [6.45, 7) is 4.23. The number of imide groups is 1. The van der Waals surface area contributed by atoms with Crippen LogP contribution in [0.5, 0.6) is 5.75 Å². The van der Waals surface area contributed by atoms with Crippen molar-refractivity contribution in [2.45, 2.75) is 26.7 Å². The molecule has 2 aromatic carbocycles. The van der Waals surface area contributed by atoms with E-state index in [4.69, 9.17) is 4.74 Å². The molecule has 0 unspecified atom stereocenters. The summed E-state index contributed by atoms with van der Waals surface area (Å²) in [6.07, 6.45) is 5.55. The number of hydrogen-bond donors (Lipinski definition) is 0.